The fourth-order valence-corrected chi connectivity index (χ4v) is 2.13. The molecule has 1 rings (SSSR count). The monoisotopic (exact) mass is 234 g/mol. The summed E-state index contributed by atoms with van der Waals surface area (Å²) in [6, 6.07) is 7.77. The molecule has 0 aliphatic carbocycles. The molecule has 0 bridgehead atoms. The summed E-state index contributed by atoms with van der Waals surface area (Å²) in [7, 11) is 0. The van der Waals surface area contributed by atoms with Crippen molar-refractivity contribution >= 4 is 6.29 Å². The molecule has 0 heterocycles. The summed E-state index contributed by atoms with van der Waals surface area (Å²) in [5.74, 6) is 0.987. The van der Waals surface area contributed by atoms with E-state index in [2.05, 4.69) is 13.8 Å². The summed E-state index contributed by atoms with van der Waals surface area (Å²) >= 11 is 0. The molecule has 1 N–H and O–H groups in total. The van der Waals surface area contributed by atoms with Crippen molar-refractivity contribution in [2.24, 2.45) is 5.92 Å². The minimum absolute atomic E-state index is 0.245. The van der Waals surface area contributed by atoms with E-state index < -0.39 is 0 Å². The standard InChI is InChI=1S/C15H22O2/c1-11(2)15(9-4-12(3)17)14-7-5-13(10-16)6-8-14/h5-8,10-12,15,17H,4,9H2,1-3H3/t12-,15?/m1/s1. The van der Waals surface area contributed by atoms with Crippen LogP contribution < -0.4 is 0 Å². The van der Waals surface area contributed by atoms with Gasteiger partial charge in [0, 0.05) is 5.56 Å². The molecule has 0 aliphatic heterocycles. The number of carbonyl (C=O) groups excluding carboxylic acids is 1. The topological polar surface area (TPSA) is 37.3 Å². The lowest BCUT2D eigenvalue weighted by Crippen LogP contribution is -2.10. The molecule has 17 heavy (non-hydrogen) atoms. The highest BCUT2D eigenvalue weighted by atomic mass is 16.3. The first kappa shape index (κ1) is 13.9. The average Bonchev–Trinajstić information content (AvgIpc) is 2.29. The van der Waals surface area contributed by atoms with Crippen LogP contribution in [-0.2, 0) is 0 Å². The Morgan fingerprint density at radius 1 is 1.12 bits per heavy atom. The fourth-order valence-electron chi connectivity index (χ4n) is 2.13. The normalized spacial score (nSPS) is 14.6. The van der Waals surface area contributed by atoms with Gasteiger partial charge in [-0.25, -0.2) is 0 Å². The van der Waals surface area contributed by atoms with Crippen molar-refractivity contribution < 1.29 is 9.90 Å². The zero-order chi connectivity index (χ0) is 12.8. The van der Waals surface area contributed by atoms with Crippen LogP contribution >= 0.6 is 0 Å². The largest absolute Gasteiger partial charge is 0.393 e. The molecular formula is C15H22O2. The lowest BCUT2D eigenvalue weighted by Gasteiger charge is -2.22. The molecule has 0 aliphatic rings. The van der Waals surface area contributed by atoms with Gasteiger partial charge in [0.1, 0.15) is 6.29 Å². The third kappa shape index (κ3) is 4.31. The van der Waals surface area contributed by atoms with Crippen LogP contribution in [0.15, 0.2) is 24.3 Å². The van der Waals surface area contributed by atoms with Crippen molar-refractivity contribution in [2.75, 3.05) is 0 Å². The number of hydrogen-bond acceptors (Lipinski definition) is 2. The van der Waals surface area contributed by atoms with Crippen LogP contribution in [0.3, 0.4) is 0 Å². The lowest BCUT2D eigenvalue weighted by atomic mass is 9.84. The number of carbonyl (C=O) groups is 1. The predicted molar refractivity (Wildman–Crippen MR) is 70.3 cm³/mol. The Bertz CT molecular complexity index is 338. The van der Waals surface area contributed by atoms with Crippen LogP contribution in [-0.4, -0.2) is 17.5 Å². The Hall–Kier alpha value is -1.15. The van der Waals surface area contributed by atoms with E-state index >= 15 is 0 Å². The Morgan fingerprint density at radius 3 is 2.12 bits per heavy atom. The first-order valence-electron chi connectivity index (χ1n) is 6.27. The molecule has 0 fully saturated rings. The maximum Gasteiger partial charge on any atom is 0.150 e. The molecule has 1 unspecified atom stereocenters. The van der Waals surface area contributed by atoms with Gasteiger partial charge in [0.25, 0.3) is 0 Å². The highest BCUT2D eigenvalue weighted by Gasteiger charge is 2.16. The summed E-state index contributed by atoms with van der Waals surface area (Å²) in [4.78, 5) is 10.6. The minimum Gasteiger partial charge on any atom is -0.393 e. The summed E-state index contributed by atoms with van der Waals surface area (Å²) in [5.41, 5.74) is 1.97. The van der Waals surface area contributed by atoms with Gasteiger partial charge in [0.2, 0.25) is 0 Å². The average molecular weight is 234 g/mol. The van der Waals surface area contributed by atoms with Crippen molar-refractivity contribution in [1.82, 2.24) is 0 Å². The number of hydrogen-bond donors (Lipinski definition) is 1. The SMILES string of the molecule is CC(C)C(CC[C@@H](C)O)c1ccc(C=O)cc1. The van der Waals surface area contributed by atoms with E-state index in [1.807, 2.05) is 31.2 Å². The summed E-state index contributed by atoms with van der Waals surface area (Å²) in [6.45, 7) is 6.22. The Morgan fingerprint density at radius 2 is 1.71 bits per heavy atom. The molecule has 0 radical (unpaired) electrons. The second-order valence-electron chi connectivity index (χ2n) is 5.06. The minimum atomic E-state index is -0.245. The van der Waals surface area contributed by atoms with Crippen molar-refractivity contribution in [3.05, 3.63) is 35.4 Å². The molecule has 0 spiro atoms. The van der Waals surface area contributed by atoms with Crippen LogP contribution in [0.25, 0.3) is 0 Å². The molecular weight excluding hydrogens is 212 g/mol. The molecule has 2 atom stereocenters. The van der Waals surface area contributed by atoms with E-state index in [1.54, 1.807) is 0 Å². The summed E-state index contributed by atoms with van der Waals surface area (Å²) in [6.07, 6.45) is 2.42. The van der Waals surface area contributed by atoms with Crippen LogP contribution in [0.1, 0.15) is 55.5 Å². The molecule has 0 amide bonds. The quantitative estimate of drug-likeness (QED) is 0.766. The highest BCUT2D eigenvalue weighted by Crippen LogP contribution is 2.29. The van der Waals surface area contributed by atoms with Gasteiger partial charge in [0.05, 0.1) is 6.10 Å². The Labute approximate surface area is 104 Å². The van der Waals surface area contributed by atoms with Crippen LogP contribution in [0.5, 0.6) is 0 Å². The van der Waals surface area contributed by atoms with E-state index in [4.69, 9.17) is 0 Å². The molecule has 2 nitrogen and oxygen atoms in total. The number of benzene rings is 1. The highest BCUT2D eigenvalue weighted by molar-refractivity contribution is 5.74. The zero-order valence-corrected chi connectivity index (χ0v) is 10.9. The maximum absolute atomic E-state index is 10.6. The molecule has 2 heteroatoms. The molecule has 1 aromatic rings. The fraction of sp³-hybridized carbons (Fsp3) is 0.533. The van der Waals surface area contributed by atoms with Crippen molar-refractivity contribution in [3.63, 3.8) is 0 Å². The number of rotatable bonds is 6. The first-order valence-corrected chi connectivity index (χ1v) is 6.27. The van der Waals surface area contributed by atoms with E-state index in [9.17, 15) is 9.90 Å². The van der Waals surface area contributed by atoms with Gasteiger partial charge in [-0.05, 0) is 37.2 Å². The molecule has 94 valence electrons. The van der Waals surface area contributed by atoms with Gasteiger partial charge in [-0.1, -0.05) is 38.1 Å². The van der Waals surface area contributed by atoms with Gasteiger partial charge < -0.3 is 5.11 Å². The van der Waals surface area contributed by atoms with Crippen LogP contribution in [0, 0.1) is 5.92 Å². The van der Waals surface area contributed by atoms with Gasteiger partial charge in [-0.3, -0.25) is 4.79 Å². The van der Waals surface area contributed by atoms with Crippen molar-refractivity contribution in [2.45, 2.75) is 45.6 Å². The molecule has 0 saturated heterocycles. The predicted octanol–water partition coefficient (Wildman–Crippen LogP) is 3.40. The van der Waals surface area contributed by atoms with E-state index in [1.165, 1.54) is 5.56 Å². The van der Waals surface area contributed by atoms with E-state index in [-0.39, 0.29) is 6.10 Å². The third-order valence-corrected chi connectivity index (χ3v) is 3.20. The van der Waals surface area contributed by atoms with Crippen LogP contribution in [0.4, 0.5) is 0 Å². The summed E-state index contributed by atoms with van der Waals surface area (Å²) in [5, 5.41) is 9.37. The molecule has 0 aromatic heterocycles. The van der Waals surface area contributed by atoms with Gasteiger partial charge in [-0.2, -0.15) is 0 Å². The Balaban J connectivity index is 2.78. The summed E-state index contributed by atoms with van der Waals surface area (Å²) < 4.78 is 0. The third-order valence-electron chi connectivity index (χ3n) is 3.20. The van der Waals surface area contributed by atoms with E-state index in [0.717, 1.165) is 19.1 Å². The second-order valence-corrected chi connectivity index (χ2v) is 5.06. The smallest absolute Gasteiger partial charge is 0.150 e. The maximum atomic E-state index is 10.6. The van der Waals surface area contributed by atoms with Crippen molar-refractivity contribution in [3.8, 4) is 0 Å². The molecule has 1 aromatic carbocycles. The zero-order valence-electron chi connectivity index (χ0n) is 10.9. The van der Waals surface area contributed by atoms with Crippen molar-refractivity contribution in [1.29, 1.82) is 0 Å². The van der Waals surface area contributed by atoms with E-state index in [0.29, 0.717) is 17.4 Å². The van der Waals surface area contributed by atoms with Gasteiger partial charge >= 0.3 is 0 Å². The van der Waals surface area contributed by atoms with Gasteiger partial charge in [-0.15, -0.1) is 0 Å². The number of aldehydes is 1. The lowest BCUT2D eigenvalue weighted by molar-refractivity contribution is 0.112. The molecule has 0 saturated carbocycles. The second kappa shape index (κ2) is 6.55. The number of aliphatic hydroxyl groups is 1. The first-order chi connectivity index (χ1) is 8.04. The van der Waals surface area contributed by atoms with Crippen LogP contribution in [0.2, 0.25) is 0 Å². The Kier molecular flexibility index (Phi) is 5.36. The number of aliphatic hydroxyl groups excluding tert-OH is 1. The van der Waals surface area contributed by atoms with Gasteiger partial charge in [0.15, 0.2) is 0 Å².